The minimum atomic E-state index is 0.137. The summed E-state index contributed by atoms with van der Waals surface area (Å²) in [5.41, 5.74) is 9.18. The highest BCUT2D eigenvalue weighted by molar-refractivity contribution is 5.44. The average molecular weight is 269 g/mol. The van der Waals surface area contributed by atoms with Crippen molar-refractivity contribution in [1.82, 2.24) is 4.98 Å². The fraction of sp³-hybridized carbons (Fsp3) is 0.353. The van der Waals surface area contributed by atoms with E-state index in [-0.39, 0.29) is 5.41 Å². The summed E-state index contributed by atoms with van der Waals surface area (Å²) in [7, 11) is 2.04. The molecule has 1 heterocycles. The van der Waals surface area contributed by atoms with Gasteiger partial charge in [-0.3, -0.25) is 0 Å². The van der Waals surface area contributed by atoms with E-state index >= 15 is 0 Å². The Morgan fingerprint density at radius 1 is 1.15 bits per heavy atom. The minimum absolute atomic E-state index is 0.137. The SMILES string of the molecule is CN(Cc1cccc(N)c1)c1ccc(C(C)(C)C)cn1. The summed E-state index contributed by atoms with van der Waals surface area (Å²) >= 11 is 0. The lowest BCUT2D eigenvalue weighted by Gasteiger charge is -2.22. The Kier molecular flexibility index (Phi) is 3.98. The van der Waals surface area contributed by atoms with Gasteiger partial charge in [0.2, 0.25) is 0 Å². The number of nitrogens with two attached hydrogens (primary N) is 1. The predicted octanol–water partition coefficient (Wildman–Crippen LogP) is 3.60. The van der Waals surface area contributed by atoms with Gasteiger partial charge in [0.05, 0.1) is 0 Å². The van der Waals surface area contributed by atoms with Crippen molar-refractivity contribution in [3.8, 4) is 0 Å². The lowest BCUT2D eigenvalue weighted by molar-refractivity contribution is 0.587. The lowest BCUT2D eigenvalue weighted by Crippen LogP contribution is -2.18. The first-order valence-electron chi connectivity index (χ1n) is 6.88. The van der Waals surface area contributed by atoms with Crippen LogP contribution < -0.4 is 10.6 Å². The van der Waals surface area contributed by atoms with E-state index in [4.69, 9.17) is 5.73 Å². The van der Waals surface area contributed by atoms with E-state index in [2.05, 4.69) is 48.9 Å². The Morgan fingerprint density at radius 2 is 1.90 bits per heavy atom. The van der Waals surface area contributed by atoms with Crippen molar-refractivity contribution in [3.63, 3.8) is 0 Å². The molecule has 0 radical (unpaired) electrons. The molecule has 2 rings (SSSR count). The first kappa shape index (κ1) is 14.4. The normalized spacial score (nSPS) is 11.4. The molecule has 0 saturated carbocycles. The second-order valence-electron chi connectivity index (χ2n) is 6.26. The molecule has 3 heteroatoms. The highest BCUT2D eigenvalue weighted by atomic mass is 15.2. The molecule has 0 aliphatic heterocycles. The molecule has 0 unspecified atom stereocenters. The van der Waals surface area contributed by atoms with E-state index in [0.29, 0.717) is 0 Å². The molecular formula is C17H23N3. The van der Waals surface area contributed by atoms with Gasteiger partial charge in [0.1, 0.15) is 5.82 Å². The molecule has 0 atom stereocenters. The van der Waals surface area contributed by atoms with Gasteiger partial charge in [0.15, 0.2) is 0 Å². The number of nitrogens with zero attached hydrogens (tertiary/aromatic N) is 2. The van der Waals surface area contributed by atoms with Crippen LogP contribution >= 0.6 is 0 Å². The van der Waals surface area contributed by atoms with Crippen molar-refractivity contribution in [1.29, 1.82) is 0 Å². The molecule has 2 N–H and O–H groups in total. The number of benzene rings is 1. The van der Waals surface area contributed by atoms with Crippen molar-refractivity contribution in [2.24, 2.45) is 0 Å². The zero-order valence-corrected chi connectivity index (χ0v) is 12.7. The summed E-state index contributed by atoms with van der Waals surface area (Å²) in [5.74, 6) is 0.973. The number of anilines is 2. The van der Waals surface area contributed by atoms with Gasteiger partial charge < -0.3 is 10.6 Å². The van der Waals surface area contributed by atoms with Gasteiger partial charge in [0, 0.05) is 25.5 Å². The molecule has 2 aromatic rings. The molecule has 0 aliphatic carbocycles. The quantitative estimate of drug-likeness (QED) is 0.866. The predicted molar refractivity (Wildman–Crippen MR) is 85.9 cm³/mol. The van der Waals surface area contributed by atoms with Gasteiger partial charge in [-0.05, 0) is 34.7 Å². The fourth-order valence-electron chi connectivity index (χ4n) is 2.10. The largest absolute Gasteiger partial charge is 0.399 e. The summed E-state index contributed by atoms with van der Waals surface area (Å²) in [5, 5.41) is 0. The number of hydrogen-bond acceptors (Lipinski definition) is 3. The zero-order chi connectivity index (χ0) is 14.8. The summed E-state index contributed by atoms with van der Waals surface area (Å²) in [6.07, 6.45) is 1.96. The maximum Gasteiger partial charge on any atom is 0.128 e. The molecule has 3 nitrogen and oxygen atoms in total. The third kappa shape index (κ3) is 3.50. The summed E-state index contributed by atoms with van der Waals surface area (Å²) in [6.45, 7) is 7.38. The minimum Gasteiger partial charge on any atom is -0.399 e. The molecule has 0 fully saturated rings. The number of aromatic nitrogens is 1. The van der Waals surface area contributed by atoms with Crippen LogP contribution in [0.15, 0.2) is 42.6 Å². The van der Waals surface area contributed by atoms with E-state index < -0.39 is 0 Å². The van der Waals surface area contributed by atoms with Crippen molar-refractivity contribution in [3.05, 3.63) is 53.7 Å². The highest BCUT2D eigenvalue weighted by Gasteiger charge is 2.14. The van der Waals surface area contributed by atoms with Crippen LogP contribution in [0.3, 0.4) is 0 Å². The third-order valence-corrected chi connectivity index (χ3v) is 3.38. The van der Waals surface area contributed by atoms with Gasteiger partial charge in [-0.25, -0.2) is 4.98 Å². The maximum atomic E-state index is 5.81. The molecular weight excluding hydrogens is 246 g/mol. The monoisotopic (exact) mass is 269 g/mol. The van der Waals surface area contributed by atoms with Gasteiger partial charge in [0.25, 0.3) is 0 Å². The van der Waals surface area contributed by atoms with Crippen LogP contribution in [0.2, 0.25) is 0 Å². The number of hydrogen-bond donors (Lipinski definition) is 1. The first-order chi connectivity index (χ1) is 9.36. The molecule has 1 aromatic heterocycles. The molecule has 1 aromatic carbocycles. The highest BCUT2D eigenvalue weighted by Crippen LogP contribution is 2.23. The van der Waals surface area contributed by atoms with Crippen LogP contribution in [0.25, 0.3) is 0 Å². The molecule has 0 aliphatic rings. The van der Waals surface area contributed by atoms with E-state index in [0.717, 1.165) is 18.1 Å². The Bertz CT molecular complexity index is 568. The van der Waals surface area contributed by atoms with Crippen molar-refractivity contribution < 1.29 is 0 Å². The fourth-order valence-corrected chi connectivity index (χ4v) is 2.10. The second-order valence-corrected chi connectivity index (χ2v) is 6.26. The van der Waals surface area contributed by atoms with E-state index in [1.165, 1.54) is 11.1 Å². The van der Waals surface area contributed by atoms with Gasteiger partial charge in [-0.2, -0.15) is 0 Å². The van der Waals surface area contributed by atoms with Crippen LogP contribution in [-0.2, 0) is 12.0 Å². The van der Waals surface area contributed by atoms with Crippen LogP contribution in [-0.4, -0.2) is 12.0 Å². The zero-order valence-electron chi connectivity index (χ0n) is 12.7. The number of rotatable bonds is 3. The Labute approximate surface area is 121 Å². The van der Waals surface area contributed by atoms with Crippen LogP contribution in [0.1, 0.15) is 31.9 Å². The van der Waals surface area contributed by atoms with Crippen LogP contribution in [0, 0.1) is 0 Å². The van der Waals surface area contributed by atoms with Gasteiger partial charge in [-0.15, -0.1) is 0 Å². The van der Waals surface area contributed by atoms with E-state index in [9.17, 15) is 0 Å². The van der Waals surface area contributed by atoms with Crippen molar-refractivity contribution >= 4 is 11.5 Å². The van der Waals surface area contributed by atoms with Crippen molar-refractivity contribution in [2.45, 2.75) is 32.7 Å². The molecule has 0 saturated heterocycles. The van der Waals surface area contributed by atoms with Crippen molar-refractivity contribution in [2.75, 3.05) is 17.7 Å². The molecule has 106 valence electrons. The van der Waals surface area contributed by atoms with Gasteiger partial charge in [-0.1, -0.05) is 39.0 Å². The molecule has 0 bridgehead atoms. The third-order valence-electron chi connectivity index (χ3n) is 3.38. The summed E-state index contributed by atoms with van der Waals surface area (Å²) < 4.78 is 0. The standard InChI is InChI=1S/C17H23N3/c1-17(2,3)14-8-9-16(19-11-14)20(4)12-13-6-5-7-15(18)10-13/h5-11H,12,18H2,1-4H3. The molecule has 0 spiro atoms. The van der Waals surface area contributed by atoms with Crippen LogP contribution in [0.5, 0.6) is 0 Å². The smallest absolute Gasteiger partial charge is 0.128 e. The van der Waals surface area contributed by atoms with E-state index in [1.54, 1.807) is 0 Å². The van der Waals surface area contributed by atoms with E-state index in [1.807, 2.05) is 31.4 Å². The number of pyridine rings is 1. The van der Waals surface area contributed by atoms with Crippen LogP contribution in [0.4, 0.5) is 11.5 Å². The summed E-state index contributed by atoms with van der Waals surface area (Å²) in [4.78, 5) is 6.68. The number of nitrogen functional groups attached to an aromatic ring is 1. The molecule has 20 heavy (non-hydrogen) atoms. The maximum absolute atomic E-state index is 5.81. The topological polar surface area (TPSA) is 42.1 Å². The first-order valence-corrected chi connectivity index (χ1v) is 6.88. The molecule has 0 amide bonds. The second kappa shape index (κ2) is 5.53. The average Bonchev–Trinajstić information content (AvgIpc) is 2.38. The Hall–Kier alpha value is -2.03. The van der Waals surface area contributed by atoms with Gasteiger partial charge >= 0.3 is 0 Å². The summed E-state index contributed by atoms with van der Waals surface area (Å²) in [6, 6.07) is 12.2. The Morgan fingerprint density at radius 3 is 2.45 bits per heavy atom. The Balaban J connectivity index is 2.11. The lowest BCUT2D eigenvalue weighted by atomic mass is 9.88.